The first-order valence-electron chi connectivity index (χ1n) is 11.4. The fraction of sp³-hybridized carbons (Fsp3) is 0.625. The zero-order valence-electron chi connectivity index (χ0n) is 20.2. The molecular formula is C24H36F2N3O3P. The quantitative estimate of drug-likeness (QED) is 0.414. The lowest BCUT2D eigenvalue weighted by atomic mass is 9.74. The molecule has 1 saturated heterocycles. The van der Waals surface area contributed by atoms with Gasteiger partial charge in [0.25, 0.3) is 0 Å². The first kappa shape index (κ1) is 27.3. The number of ether oxygens (including phenoxy) is 2. The third-order valence-electron chi connectivity index (χ3n) is 5.90. The minimum absolute atomic E-state index is 0.00762. The van der Waals surface area contributed by atoms with Crippen LogP contribution in [0.5, 0.6) is 5.75 Å². The van der Waals surface area contributed by atoms with E-state index < -0.39 is 11.9 Å². The van der Waals surface area contributed by atoms with E-state index >= 15 is 0 Å². The van der Waals surface area contributed by atoms with Gasteiger partial charge in [-0.1, -0.05) is 33.6 Å². The zero-order valence-corrected chi connectivity index (χ0v) is 21.3. The molecular weight excluding hydrogens is 447 g/mol. The number of halogens is 2. The highest BCUT2D eigenvalue weighted by atomic mass is 31.0. The van der Waals surface area contributed by atoms with Crippen molar-refractivity contribution in [1.29, 1.82) is 0 Å². The summed E-state index contributed by atoms with van der Waals surface area (Å²) in [6, 6.07) is 3.94. The first-order valence-corrected chi connectivity index (χ1v) is 12.0. The van der Waals surface area contributed by atoms with Crippen LogP contribution in [0.4, 0.5) is 14.6 Å². The number of fused-ring (bicyclic) bond motifs is 1. The van der Waals surface area contributed by atoms with Crippen LogP contribution in [-0.2, 0) is 9.53 Å². The molecule has 1 aliphatic heterocycles. The molecule has 2 unspecified atom stereocenters. The number of rotatable bonds is 10. The van der Waals surface area contributed by atoms with Gasteiger partial charge in [-0.2, -0.15) is 8.78 Å². The van der Waals surface area contributed by atoms with Crippen LogP contribution in [0.15, 0.2) is 24.5 Å². The van der Waals surface area contributed by atoms with Gasteiger partial charge in [0.1, 0.15) is 17.9 Å². The van der Waals surface area contributed by atoms with E-state index in [2.05, 4.69) is 40.8 Å². The van der Waals surface area contributed by atoms with Crippen LogP contribution >= 0.6 is 9.24 Å². The number of ketones is 1. The molecule has 2 aromatic rings. The number of alkyl halides is 2. The van der Waals surface area contributed by atoms with Crippen molar-refractivity contribution in [3.63, 3.8) is 0 Å². The Morgan fingerprint density at radius 3 is 2.52 bits per heavy atom. The minimum atomic E-state index is -3.34. The number of nitrogens with one attached hydrogen (secondary N) is 1. The van der Waals surface area contributed by atoms with Crippen LogP contribution in [0.25, 0.3) is 10.9 Å². The first-order chi connectivity index (χ1) is 15.5. The highest BCUT2D eigenvalue weighted by molar-refractivity contribution is 7.17. The number of hydrogen-bond donors (Lipinski definition) is 1. The maximum atomic E-state index is 12.8. The second-order valence-electron chi connectivity index (χ2n) is 9.00. The summed E-state index contributed by atoms with van der Waals surface area (Å²) in [6.45, 7) is 12.1. The van der Waals surface area contributed by atoms with E-state index in [0.717, 1.165) is 19.1 Å². The summed E-state index contributed by atoms with van der Waals surface area (Å²) in [5.41, 5.74) is 1.01. The van der Waals surface area contributed by atoms with E-state index in [9.17, 15) is 13.6 Å². The monoisotopic (exact) mass is 483 g/mol. The van der Waals surface area contributed by atoms with Gasteiger partial charge in [0.2, 0.25) is 0 Å². The molecule has 1 aromatic carbocycles. The Labute approximate surface area is 197 Å². The van der Waals surface area contributed by atoms with Gasteiger partial charge in [-0.15, -0.1) is 0 Å². The fourth-order valence-corrected chi connectivity index (χ4v) is 3.98. The van der Waals surface area contributed by atoms with Crippen LogP contribution in [0.2, 0.25) is 0 Å². The summed E-state index contributed by atoms with van der Waals surface area (Å²) < 4.78 is 35.4. The van der Waals surface area contributed by atoms with E-state index in [1.807, 2.05) is 0 Å². The van der Waals surface area contributed by atoms with Crippen molar-refractivity contribution < 1.29 is 23.0 Å². The van der Waals surface area contributed by atoms with Gasteiger partial charge in [0.05, 0.1) is 24.8 Å². The molecule has 0 aliphatic carbocycles. The van der Waals surface area contributed by atoms with Crippen LogP contribution < -0.4 is 10.1 Å². The highest BCUT2D eigenvalue weighted by Gasteiger charge is 2.38. The molecule has 3 atom stereocenters. The molecule has 0 saturated carbocycles. The predicted molar refractivity (Wildman–Crippen MR) is 131 cm³/mol. The van der Waals surface area contributed by atoms with Crippen LogP contribution in [-0.4, -0.2) is 40.9 Å². The summed E-state index contributed by atoms with van der Waals surface area (Å²) in [5, 5.41) is 3.57. The van der Waals surface area contributed by atoms with Crippen molar-refractivity contribution in [2.45, 2.75) is 72.2 Å². The molecule has 0 radical (unpaired) electrons. The minimum Gasteiger partial charge on any atom is -0.430 e. The number of benzene rings is 1. The lowest BCUT2D eigenvalue weighted by Crippen LogP contribution is -2.43. The number of hydrogen-bond acceptors (Lipinski definition) is 6. The van der Waals surface area contributed by atoms with Crippen LogP contribution in [0, 0.1) is 11.3 Å². The topological polar surface area (TPSA) is 73.3 Å². The number of carbonyl (C=O) groups excluding carboxylic acids is 1. The smallest absolute Gasteiger partial charge is 0.408 e. The number of anilines is 1. The Hall–Kier alpha value is -1.92. The SMILES string of the molecule is CC(=O)[C@@H](C)Nc1ncnc2cc(OC(F)(F)P)ccc12.CCCC1(CC(C)CC)COC1. The molecule has 3 rings (SSSR count). The molecule has 1 N–H and O–H groups in total. The number of nitrogens with zero attached hydrogens (tertiary/aromatic N) is 2. The van der Waals surface area contributed by atoms with E-state index in [1.54, 1.807) is 13.0 Å². The normalized spacial score (nSPS) is 16.7. The average molecular weight is 484 g/mol. The van der Waals surface area contributed by atoms with Crippen molar-refractivity contribution >= 4 is 31.7 Å². The molecule has 1 fully saturated rings. The van der Waals surface area contributed by atoms with Gasteiger partial charge in [-0.3, -0.25) is 4.79 Å². The summed E-state index contributed by atoms with van der Waals surface area (Å²) >= 11 is 0. The van der Waals surface area contributed by atoms with E-state index in [1.165, 1.54) is 60.3 Å². The van der Waals surface area contributed by atoms with Crippen LogP contribution in [0.3, 0.4) is 0 Å². The molecule has 6 nitrogen and oxygen atoms in total. The number of Topliss-reactive ketones (excluding diaryl/α,β-unsaturated/α-hetero) is 1. The molecule has 0 bridgehead atoms. The number of aromatic nitrogens is 2. The standard InChI is InChI=1S/C13H14F2N3O2P.C11H22O/c1-7(8(2)19)18-12-10-4-3-9(20-13(14,15)21)5-11(10)16-6-17-12;1-4-6-11(8-12-9-11)7-10(3)5-2/h3-7H,21H2,1-2H3,(H,16,17,18);10H,4-9H2,1-3H3/t7-;/m1./s1. The lowest BCUT2D eigenvalue weighted by Gasteiger charge is -2.43. The second kappa shape index (κ2) is 12.0. The highest BCUT2D eigenvalue weighted by Crippen LogP contribution is 2.39. The predicted octanol–water partition coefficient (Wildman–Crippen LogP) is 6.06. The third kappa shape index (κ3) is 8.42. The summed E-state index contributed by atoms with van der Waals surface area (Å²) in [6.07, 6.45) is 6.64. The van der Waals surface area contributed by atoms with Gasteiger partial charge in [-0.05, 0) is 54.0 Å². The summed E-state index contributed by atoms with van der Waals surface area (Å²) in [7, 11) is 1.30. The Kier molecular flexibility index (Phi) is 9.92. The fourth-order valence-electron chi connectivity index (χ4n) is 3.85. The van der Waals surface area contributed by atoms with E-state index in [4.69, 9.17) is 4.74 Å². The largest absolute Gasteiger partial charge is 0.430 e. The Morgan fingerprint density at radius 2 is 2.00 bits per heavy atom. The lowest BCUT2D eigenvalue weighted by molar-refractivity contribution is -0.128. The van der Waals surface area contributed by atoms with Gasteiger partial charge in [0, 0.05) is 16.9 Å². The summed E-state index contributed by atoms with van der Waals surface area (Å²) in [5.74, 6) is -2.05. The van der Waals surface area contributed by atoms with Crippen LogP contribution in [0.1, 0.15) is 60.3 Å². The van der Waals surface area contributed by atoms with Crippen molar-refractivity contribution in [2.75, 3.05) is 18.5 Å². The Morgan fingerprint density at radius 1 is 1.30 bits per heavy atom. The van der Waals surface area contributed by atoms with E-state index in [0.29, 0.717) is 22.1 Å². The average Bonchev–Trinajstić information content (AvgIpc) is 2.71. The Balaban J connectivity index is 0.000000273. The van der Waals surface area contributed by atoms with Crippen molar-refractivity contribution in [2.24, 2.45) is 11.3 Å². The molecule has 0 amide bonds. The van der Waals surface area contributed by atoms with Crippen molar-refractivity contribution in [1.82, 2.24) is 9.97 Å². The van der Waals surface area contributed by atoms with Gasteiger partial charge < -0.3 is 14.8 Å². The molecule has 9 heteroatoms. The number of carbonyl (C=O) groups is 1. The molecule has 1 aliphatic rings. The second-order valence-corrected chi connectivity index (χ2v) is 9.67. The molecule has 184 valence electrons. The van der Waals surface area contributed by atoms with E-state index in [-0.39, 0.29) is 11.5 Å². The van der Waals surface area contributed by atoms with Gasteiger partial charge in [0.15, 0.2) is 5.78 Å². The maximum Gasteiger partial charge on any atom is 0.408 e. The third-order valence-corrected chi connectivity index (χ3v) is 6.02. The van der Waals surface area contributed by atoms with Crippen molar-refractivity contribution in [3.05, 3.63) is 24.5 Å². The summed E-state index contributed by atoms with van der Waals surface area (Å²) in [4.78, 5) is 19.4. The van der Waals surface area contributed by atoms with Gasteiger partial charge >= 0.3 is 5.85 Å². The molecule has 1 aromatic heterocycles. The zero-order chi connectivity index (χ0) is 24.6. The van der Waals surface area contributed by atoms with Crippen molar-refractivity contribution in [3.8, 4) is 5.75 Å². The Bertz CT molecular complexity index is 919. The molecule has 33 heavy (non-hydrogen) atoms. The molecule has 0 spiro atoms. The molecule has 2 heterocycles. The van der Waals surface area contributed by atoms with Gasteiger partial charge in [-0.25, -0.2) is 9.97 Å². The maximum absolute atomic E-state index is 12.8.